The van der Waals surface area contributed by atoms with Gasteiger partial charge in [-0.1, -0.05) is 31.6 Å². The van der Waals surface area contributed by atoms with Gasteiger partial charge in [0.15, 0.2) is 23.0 Å². The van der Waals surface area contributed by atoms with Crippen LogP contribution in [0.2, 0.25) is 0 Å². The third-order valence-corrected chi connectivity index (χ3v) is 3.96. The van der Waals surface area contributed by atoms with E-state index in [-0.39, 0.29) is 28.6 Å². The molecule has 0 spiro atoms. The Kier molecular flexibility index (Phi) is 7.06. The molecule has 6 N–H and O–H groups in total. The molecule has 0 aromatic heterocycles. The third-order valence-electron chi connectivity index (χ3n) is 3.96. The van der Waals surface area contributed by atoms with E-state index < -0.39 is 12.1 Å². The number of carbonyl (C=O) groups excluding carboxylic acids is 1. The molecule has 28 heavy (non-hydrogen) atoms. The second-order valence-electron chi connectivity index (χ2n) is 6.16. The Labute approximate surface area is 162 Å². The van der Waals surface area contributed by atoms with Gasteiger partial charge in [-0.2, -0.15) is 0 Å². The first-order valence-corrected chi connectivity index (χ1v) is 8.73. The highest BCUT2D eigenvalue weighted by Crippen LogP contribution is 2.34. The smallest absolute Gasteiger partial charge is 0.245 e. The van der Waals surface area contributed by atoms with Crippen LogP contribution >= 0.6 is 0 Å². The number of nitrogens with one attached hydrogen (secondary N) is 1. The molecule has 2 aromatic carbocycles. The van der Waals surface area contributed by atoms with Crippen molar-refractivity contribution >= 4 is 24.1 Å². The predicted molar refractivity (Wildman–Crippen MR) is 107 cm³/mol. The first-order chi connectivity index (χ1) is 13.3. The molecule has 1 unspecified atom stereocenters. The molecule has 0 saturated carbocycles. The number of phenolic OH excluding ortho intramolecular Hbond substituents is 4. The van der Waals surface area contributed by atoms with Gasteiger partial charge in [0.05, 0.1) is 0 Å². The summed E-state index contributed by atoms with van der Waals surface area (Å²) in [4.78, 5) is 11.9. The van der Waals surface area contributed by atoms with Gasteiger partial charge in [0.25, 0.3) is 0 Å². The van der Waals surface area contributed by atoms with E-state index in [2.05, 4.69) is 5.32 Å². The van der Waals surface area contributed by atoms with Crippen molar-refractivity contribution in [3.63, 3.8) is 0 Å². The maximum atomic E-state index is 11.9. The van der Waals surface area contributed by atoms with Gasteiger partial charge in [0, 0.05) is 11.6 Å². The minimum atomic E-state index is -0.933. The number of hydrogen-bond acceptors (Lipinski definition) is 6. The van der Waals surface area contributed by atoms with Crippen LogP contribution in [-0.4, -0.2) is 37.7 Å². The van der Waals surface area contributed by atoms with Gasteiger partial charge in [0.1, 0.15) is 6.23 Å². The fourth-order valence-electron chi connectivity index (χ4n) is 2.48. The summed E-state index contributed by atoms with van der Waals surface area (Å²) < 4.78 is 0. The van der Waals surface area contributed by atoms with Gasteiger partial charge in [-0.3, -0.25) is 4.79 Å². The van der Waals surface area contributed by atoms with Gasteiger partial charge in [-0.05, 0) is 47.9 Å². The quantitative estimate of drug-likeness (QED) is 0.188. The molecule has 7 nitrogen and oxygen atoms in total. The highest BCUT2D eigenvalue weighted by atomic mass is 16.3. The minimum absolute atomic E-state index is 0.253. The lowest BCUT2D eigenvalue weighted by molar-refractivity contribution is -0.119. The zero-order valence-electron chi connectivity index (χ0n) is 15.3. The van der Waals surface area contributed by atoms with E-state index >= 15 is 0 Å². The van der Waals surface area contributed by atoms with E-state index in [0.717, 1.165) is 6.42 Å². The van der Waals surface area contributed by atoms with Crippen molar-refractivity contribution in [2.24, 2.45) is 0 Å². The zero-order chi connectivity index (χ0) is 20.7. The molecule has 0 heterocycles. The van der Waals surface area contributed by atoms with E-state index in [9.17, 15) is 30.3 Å². The molecule has 7 heteroatoms. The molecule has 1 amide bonds. The summed E-state index contributed by atoms with van der Waals surface area (Å²) >= 11 is 0. The van der Waals surface area contributed by atoms with Crippen LogP contribution in [0.25, 0.3) is 18.2 Å². The fourth-order valence-corrected chi connectivity index (χ4v) is 2.48. The number of hydrogen-bond donors (Lipinski definition) is 6. The van der Waals surface area contributed by atoms with Crippen molar-refractivity contribution in [2.75, 3.05) is 0 Å². The molecule has 0 aliphatic carbocycles. The van der Waals surface area contributed by atoms with Crippen LogP contribution in [0.5, 0.6) is 23.0 Å². The van der Waals surface area contributed by atoms with Gasteiger partial charge in [0.2, 0.25) is 5.91 Å². The van der Waals surface area contributed by atoms with Crippen LogP contribution in [0.4, 0.5) is 0 Å². The minimum Gasteiger partial charge on any atom is -0.504 e. The molecule has 1 atom stereocenters. The number of rotatable bonds is 7. The first-order valence-electron chi connectivity index (χ1n) is 8.73. The summed E-state index contributed by atoms with van der Waals surface area (Å²) in [6.07, 6.45) is 5.96. The Bertz CT molecular complexity index is 904. The van der Waals surface area contributed by atoms with Crippen LogP contribution in [-0.2, 0) is 4.79 Å². The number of aliphatic hydroxyl groups is 1. The van der Waals surface area contributed by atoms with Crippen molar-refractivity contribution in [3.8, 4) is 23.0 Å². The average Bonchev–Trinajstić information content (AvgIpc) is 2.64. The van der Waals surface area contributed by atoms with Crippen LogP contribution in [0.3, 0.4) is 0 Å². The Hall–Kier alpha value is -3.45. The monoisotopic (exact) mass is 385 g/mol. The van der Waals surface area contributed by atoms with Crippen molar-refractivity contribution in [1.29, 1.82) is 0 Å². The summed E-state index contributed by atoms with van der Waals surface area (Å²) in [6.45, 7) is 1.89. The molecule has 2 aromatic rings. The number of amides is 1. The molecular formula is C21H23NO6. The highest BCUT2D eigenvalue weighted by molar-refractivity contribution is 5.93. The lowest BCUT2D eigenvalue weighted by atomic mass is 10.0. The largest absolute Gasteiger partial charge is 0.504 e. The first kappa shape index (κ1) is 20.9. The molecule has 0 bridgehead atoms. The lowest BCUT2D eigenvalue weighted by Crippen LogP contribution is -2.33. The molecule has 0 radical (unpaired) electrons. The van der Waals surface area contributed by atoms with Gasteiger partial charge < -0.3 is 30.8 Å². The topological polar surface area (TPSA) is 130 Å². The lowest BCUT2D eigenvalue weighted by Gasteiger charge is -2.10. The van der Waals surface area contributed by atoms with Crippen molar-refractivity contribution in [3.05, 3.63) is 53.1 Å². The average molecular weight is 385 g/mol. The standard InChI is InChI=1S/C21H23NO6/c1-2-3-19(26)22-20(27)11-7-14-6-10-17(24)21(28)15(14)8-4-13-5-9-16(23)18(25)12-13/h4-12,19,23-26,28H,2-3H2,1H3,(H,22,27)/b8-4+,11-7+. The molecule has 2 rings (SSSR count). The third kappa shape index (κ3) is 5.52. The van der Waals surface area contributed by atoms with E-state index in [1.807, 2.05) is 6.92 Å². The van der Waals surface area contributed by atoms with Gasteiger partial charge in [-0.25, -0.2) is 0 Å². The van der Waals surface area contributed by atoms with Crippen LogP contribution in [0.1, 0.15) is 36.5 Å². The molecule has 0 aliphatic heterocycles. The SMILES string of the molecule is CCCC(O)NC(=O)/C=C/c1ccc(O)c(O)c1/C=C/c1ccc(O)c(O)c1. The number of aliphatic hydroxyl groups excluding tert-OH is 1. The van der Waals surface area contributed by atoms with Crippen LogP contribution in [0, 0.1) is 0 Å². The fraction of sp³-hybridized carbons (Fsp3) is 0.190. The summed E-state index contributed by atoms with van der Waals surface area (Å²) in [5.41, 5.74) is 1.26. The zero-order valence-corrected chi connectivity index (χ0v) is 15.3. The number of aromatic hydroxyl groups is 4. The predicted octanol–water partition coefficient (Wildman–Crippen LogP) is 2.93. The normalized spacial score (nSPS) is 12.5. The van der Waals surface area contributed by atoms with Crippen LogP contribution in [0.15, 0.2) is 36.4 Å². The van der Waals surface area contributed by atoms with Crippen molar-refractivity contribution in [2.45, 2.75) is 26.0 Å². The van der Waals surface area contributed by atoms with E-state index in [1.165, 1.54) is 42.5 Å². The Balaban J connectivity index is 2.27. The number of carbonyl (C=O) groups is 1. The second kappa shape index (κ2) is 9.48. The molecule has 0 fully saturated rings. The maximum absolute atomic E-state index is 11.9. The van der Waals surface area contributed by atoms with Crippen molar-refractivity contribution < 1.29 is 30.3 Å². The summed E-state index contributed by atoms with van der Waals surface area (Å²) in [7, 11) is 0. The van der Waals surface area contributed by atoms with Gasteiger partial charge >= 0.3 is 0 Å². The van der Waals surface area contributed by atoms with E-state index in [0.29, 0.717) is 17.5 Å². The van der Waals surface area contributed by atoms with Crippen LogP contribution < -0.4 is 5.32 Å². The summed E-state index contributed by atoms with van der Waals surface area (Å²) in [5.74, 6) is -1.73. The van der Waals surface area contributed by atoms with Gasteiger partial charge in [-0.15, -0.1) is 0 Å². The van der Waals surface area contributed by atoms with Crippen molar-refractivity contribution in [1.82, 2.24) is 5.32 Å². The van der Waals surface area contributed by atoms with E-state index in [4.69, 9.17) is 0 Å². The number of benzene rings is 2. The molecular weight excluding hydrogens is 362 g/mol. The number of phenols is 4. The molecule has 148 valence electrons. The maximum Gasteiger partial charge on any atom is 0.245 e. The summed E-state index contributed by atoms with van der Waals surface area (Å²) in [6, 6.07) is 7.04. The molecule has 0 saturated heterocycles. The Morgan fingerprint density at radius 2 is 1.71 bits per heavy atom. The molecule has 0 aliphatic rings. The Morgan fingerprint density at radius 3 is 2.39 bits per heavy atom. The Morgan fingerprint density at radius 1 is 1.00 bits per heavy atom. The second-order valence-corrected chi connectivity index (χ2v) is 6.16. The highest BCUT2D eigenvalue weighted by Gasteiger charge is 2.10. The van der Waals surface area contributed by atoms with E-state index in [1.54, 1.807) is 12.1 Å². The summed E-state index contributed by atoms with van der Waals surface area (Å²) in [5, 5.41) is 50.9.